The van der Waals surface area contributed by atoms with E-state index in [0.29, 0.717) is 11.8 Å². The molecule has 0 bridgehead atoms. The monoisotopic (exact) mass is 366 g/mol. The van der Waals surface area contributed by atoms with E-state index in [1.54, 1.807) is 12.1 Å². The summed E-state index contributed by atoms with van der Waals surface area (Å²) in [6.45, 7) is 6.19. The predicted octanol–water partition coefficient (Wildman–Crippen LogP) is 4.13. The Hall–Kier alpha value is -2.81. The van der Waals surface area contributed by atoms with E-state index in [4.69, 9.17) is 4.52 Å². The minimum Gasteiger partial charge on any atom is -0.359 e. The first-order valence-electron chi connectivity index (χ1n) is 9.50. The van der Waals surface area contributed by atoms with Gasteiger partial charge in [0.25, 0.3) is 5.91 Å². The van der Waals surface area contributed by atoms with E-state index < -0.39 is 5.91 Å². The second-order valence-corrected chi connectivity index (χ2v) is 7.28. The Morgan fingerprint density at radius 3 is 2.70 bits per heavy atom. The van der Waals surface area contributed by atoms with E-state index in [0.717, 1.165) is 17.0 Å². The molecular formula is C21H26N4O2. The molecule has 1 N–H and O–H groups in total. The first-order valence-corrected chi connectivity index (χ1v) is 9.50. The Kier molecular flexibility index (Phi) is 5.80. The van der Waals surface area contributed by atoms with Crippen molar-refractivity contribution >= 4 is 12.0 Å². The minimum absolute atomic E-state index is 0.0927. The minimum atomic E-state index is -0.408. The van der Waals surface area contributed by atoms with Gasteiger partial charge in [-0.2, -0.15) is 5.26 Å². The molecule has 0 atom stereocenters. The van der Waals surface area contributed by atoms with E-state index in [-0.39, 0.29) is 12.1 Å². The highest BCUT2D eigenvalue weighted by Crippen LogP contribution is 2.32. The number of carbonyl (C=O) groups excluding carboxylic acids is 1. The van der Waals surface area contributed by atoms with Crippen molar-refractivity contribution in [3.8, 4) is 6.07 Å². The van der Waals surface area contributed by atoms with Crippen molar-refractivity contribution in [3.05, 3.63) is 46.1 Å². The van der Waals surface area contributed by atoms with Gasteiger partial charge in [0.1, 0.15) is 11.6 Å². The number of aryl methyl sites for hydroxylation is 2. The van der Waals surface area contributed by atoms with Gasteiger partial charge in [-0.3, -0.25) is 4.79 Å². The molecule has 3 rings (SSSR count). The van der Waals surface area contributed by atoms with E-state index in [2.05, 4.69) is 35.0 Å². The molecule has 2 aromatic rings. The highest BCUT2D eigenvalue weighted by molar-refractivity contribution is 6.01. The Morgan fingerprint density at radius 2 is 2.07 bits per heavy atom. The van der Waals surface area contributed by atoms with Crippen LogP contribution in [0.25, 0.3) is 6.08 Å². The van der Waals surface area contributed by atoms with Gasteiger partial charge in [0.05, 0.1) is 12.2 Å². The quantitative estimate of drug-likeness (QED) is 0.637. The first-order chi connectivity index (χ1) is 13.0. The molecule has 0 radical (unpaired) electrons. The molecule has 0 aliphatic heterocycles. The molecule has 6 heteroatoms. The lowest BCUT2D eigenvalue weighted by Crippen LogP contribution is -2.23. The molecule has 1 amide bonds. The molecule has 0 aromatic carbocycles. The average Bonchev–Trinajstić information content (AvgIpc) is 3.20. The lowest BCUT2D eigenvalue weighted by atomic mass is 9.95. The van der Waals surface area contributed by atoms with Gasteiger partial charge in [-0.05, 0) is 51.3 Å². The summed E-state index contributed by atoms with van der Waals surface area (Å²) in [5, 5.41) is 16.0. The normalized spacial score (nSPS) is 15.6. The fraction of sp³-hybridized carbons (Fsp3) is 0.476. The van der Waals surface area contributed by atoms with Crippen LogP contribution in [0.4, 0.5) is 0 Å². The van der Waals surface area contributed by atoms with Crippen LogP contribution in [0.1, 0.15) is 66.6 Å². The molecule has 0 unspecified atom stereocenters. The molecule has 142 valence electrons. The number of aromatic nitrogens is 2. The molecule has 2 aromatic heterocycles. The predicted molar refractivity (Wildman–Crippen MR) is 103 cm³/mol. The van der Waals surface area contributed by atoms with Crippen LogP contribution in [0, 0.1) is 32.1 Å². The van der Waals surface area contributed by atoms with Crippen molar-refractivity contribution in [2.45, 2.75) is 65.5 Å². The molecule has 2 heterocycles. The van der Waals surface area contributed by atoms with Crippen molar-refractivity contribution in [2.24, 2.45) is 0 Å². The number of nitrogens with one attached hydrogen (secondary N) is 1. The van der Waals surface area contributed by atoms with E-state index in [1.165, 1.54) is 37.8 Å². The summed E-state index contributed by atoms with van der Waals surface area (Å²) in [5.74, 6) is 0.155. The molecule has 1 aliphatic rings. The van der Waals surface area contributed by atoms with Crippen molar-refractivity contribution in [2.75, 3.05) is 0 Å². The van der Waals surface area contributed by atoms with Crippen LogP contribution in [0.3, 0.4) is 0 Å². The summed E-state index contributed by atoms with van der Waals surface area (Å²) in [6.07, 6.45) is 7.91. The molecule has 1 fully saturated rings. The second kappa shape index (κ2) is 8.26. The van der Waals surface area contributed by atoms with Gasteiger partial charge < -0.3 is 14.4 Å². The van der Waals surface area contributed by atoms with Crippen LogP contribution in [-0.4, -0.2) is 15.6 Å². The van der Waals surface area contributed by atoms with Crippen LogP contribution >= 0.6 is 0 Å². The van der Waals surface area contributed by atoms with Gasteiger partial charge in [0.15, 0.2) is 5.76 Å². The third-order valence-electron chi connectivity index (χ3n) is 5.23. The zero-order valence-corrected chi connectivity index (χ0v) is 16.2. The van der Waals surface area contributed by atoms with Crippen molar-refractivity contribution < 1.29 is 9.32 Å². The number of nitrogens with zero attached hydrogens (tertiary/aromatic N) is 3. The lowest BCUT2D eigenvalue weighted by molar-refractivity contribution is -0.117. The van der Waals surface area contributed by atoms with Gasteiger partial charge in [-0.1, -0.05) is 24.4 Å². The Labute approximate surface area is 159 Å². The van der Waals surface area contributed by atoms with Gasteiger partial charge in [0, 0.05) is 23.5 Å². The summed E-state index contributed by atoms with van der Waals surface area (Å²) in [5.41, 5.74) is 4.08. The average molecular weight is 366 g/mol. The third kappa shape index (κ3) is 4.30. The standard InChI is InChI=1S/C21H26N4O2/c1-14-9-20(27-24-14)13-23-21(26)18(12-22)11-17-10-15(2)25(16(17)3)19-7-5-4-6-8-19/h9-11,19H,4-8,13H2,1-3H3,(H,23,26)/b18-11+. The maximum absolute atomic E-state index is 12.4. The summed E-state index contributed by atoms with van der Waals surface area (Å²) in [6, 6.07) is 6.37. The summed E-state index contributed by atoms with van der Waals surface area (Å²) in [4.78, 5) is 12.4. The number of amides is 1. The molecule has 0 saturated heterocycles. The maximum Gasteiger partial charge on any atom is 0.262 e. The number of hydrogen-bond donors (Lipinski definition) is 1. The molecular weight excluding hydrogens is 340 g/mol. The molecule has 6 nitrogen and oxygen atoms in total. The molecule has 1 saturated carbocycles. The number of rotatable bonds is 5. The largest absolute Gasteiger partial charge is 0.359 e. The van der Waals surface area contributed by atoms with Gasteiger partial charge in [0.2, 0.25) is 0 Å². The van der Waals surface area contributed by atoms with E-state index in [9.17, 15) is 10.1 Å². The lowest BCUT2D eigenvalue weighted by Gasteiger charge is -2.26. The number of nitriles is 1. The highest BCUT2D eigenvalue weighted by atomic mass is 16.5. The van der Waals surface area contributed by atoms with E-state index >= 15 is 0 Å². The topological polar surface area (TPSA) is 83.9 Å². The van der Waals surface area contributed by atoms with Crippen molar-refractivity contribution in [1.29, 1.82) is 5.26 Å². The van der Waals surface area contributed by atoms with Crippen molar-refractivity contribution in [1.82, 2.24) is 15.0 Å². The third-order valence-corrected chi connectivity index (χ3v) is 5.23. The van der Waals surface area contributed by atoms with Crippen LogP contribution in [0.2, 0.25) is 0 Å². The van der Waals surface area contributed by atoms with Crippen LogP contribution in [-0.2, 0) is 11.3 Å². The first kappa shape index (κ1) is 19.0. The summed E-state index contributed by atoms with van der Waals surface area (Å²) >= 11 is 0. The van der Waals surface area contributed by atoms with Gasteiger partial charge in [-0.15, -0.1) is 0 Å². The zero-order valence-electron chi connectivity index (χ0n) is 16.2. The molecule has 1 aliphatic carbocycles. The maximum atomic E-state index is 12.4. The summed E-state index contributed by atoms with van der Waals surface area (Å²) in [7, 11) is 0. The van der Waals surface area contributed by atoms with E-state index in [1.807, 2.05) is 13.0 Å². The Morgan fingerprint density at radius 1 is 1.33 bits per heavy atom. The molecule has 27 heavy (non-hydrogen) atoms. The second-order valence-electron chi connectivity index (χ2n) is 7.28. The van der Waals surface area contributed by atoms with Gasteiger partial charge >= 0.3 is 0 Å². The van der Waals surface area contributed by atoms with Crippen LogP contribution in [0.15, 0.2) is 22.2 Å². The fourth-order valence-electron chi connectivity index (χ4n) is 3.92. The number of carbonyl (C=O) groups is 1. The smallest absolute Gasteiger partial charge is 0.262 e. The highest BCUT2D eigenvalue weighted by Gasteiger charge is 2.20. The Bertz CT molecular complexity index is 892. The summed E-state index contributed by atoms with van der Waals surface area (Å²) < 4.78 is 7.45. The van der Waals surface area contributed by atoms with Crippen LogP contribution in [0.5, 0.6) is 0 Å². The molecule has 0 spiro atoms. The fourth-order valence-corrected chi connectivity index (χ4v) is 3.92. The zero-order chi connectivity index (χ0) is 19.4. The van der Waals surface area contributed by atoms with Crippen molar-refractivity contribution in [3.63, 3.8) is 0 Å². The Balaban J connectivity index is 1.76. The SMILES string of the molecule is Cc1cc(CNC(=O)/C(C#N)=C/c2cc(C)n(C3CCCCC3)c2C)on1. The van der Waals surface area contributed by atoms with Crippen LogP contribution < -0.4 is 5.32 Å². The van der Waals surface area contributed by atoms with Gasteiger partial charge in [-0.25, -0.2) is 0 Å². The number of hydrogen-bond acceptors (Lipinski definition) is 4.